The number of unbranched alkanes of at least 4 members (excludes halogenated alkanes) is 1. The molecule has 1 nitrogen and oxygen atoms in total. The van der Waals surface area contributed by atoms with E-state index in [1.54, 1.807) is 0 Å². The average Bonchev–Trinajstić information content (AvgIpc) is 2.19. The standard InChI is InChI=1S/C10H13O.BrH.Mg/c1-2-3-9-11-10-7-5-4-6-8-10;;/h5-8H,2-3,9H2,1H3;1H;/q;;+1/p-1. The van der Waals surface area contributed by atoms with Crippen molar-refractivity contribution in [3.05, 3.63) is 24.3 Å². The second-order valence-corrected chi connectivity index (χ2v) is 5.75. The number of hydrogen-bond acceptors (Lipinski definition) is 1. The van der Waals surface area contributed by atoms with Crippen LogP contribution in [-0.2, 0) is 0 Å². The lowest BCUT2D eigenvalue weighted by molar-refractivity contribution is 0.309. The van der Waals surface area contributed by atoms with E-state index in [-0.39, 0.29) is 18.2 Å². The summed E-state index contributed by atoms with van der Waals surface area (Å²) in [7, 11) is 0. The molecule has 3 heteroatoms. The minimum absolute atomic E-state index is 0.191. The van der Waals surface area contributed by atoms with Gasteiger partial charge in [0, 0.05) is 0 Å². The molecule has 13 heavy (non-hydrogen) atoms. The third-order valence-electron chi connectivity index (χ3n) is 1.84. The van der Waals surface area contributed by atoms with Gasteiger partial charge in [0.15, 0.2) is 0 Å². The minimum Gasteiger partial charge on any atom is -0.494 e. The third-order valence-corrected chi connectivity index (χ3v) is 4.57. The Hall–Kier alpha value is 0.266. The Bertz CT molecular complexity index is 235. The van der Waals surface area contributed by atoms with Gasteiger partial charge in [0.2, 0.25) is 0 Å². The molecule has 0 aromatic heterocycles. The summed E-state index contributed by atoms with van der Waals surface area (Å²) < 4.78 is 6.97. The minimum atomic E-state index is -0.191. The predicted octanol–water partition coefficient (Wildman–Crippen LogP) is 2.50. The molecule has 0 N–H and O–H groups in total. The van der Waals surface area contributed by atoms with E-state index in [1.807, 2.05) is 0 Å². The van der Waals surface area contributed by atoms with E-state index in [9.17, 15) is 0 Å². The maximum Gasteiger partial charge on any atom is 0.506 e. The molecule has 0 aliphatic carbocycles. The zero-order chi connectivity index (χ0) is 9.52. The first-order chi connectivity index (χ1) is 6.36. The van der Waals surface area contributed by atoms with Crippen LogP contribution in [0.2, 0.25) is 0 Å². The fraction of sp³-hybridized carbons (Fsp3) is 0.400. The van der Waals surface area contributed by atoms with Crippen LogP contribution in [0.1, 0.15) is 19.8 Å². The van der Waals surface area contributed by atoms with E-state index < -0.39 is 0 Å². The van der Waals surface area contributed by atoms with Gasteiger partial charge in [-0.2, -0.15) is 3.69 Å². The number of benzene rings is 1. The van der Waals surface area contributed by atoms with E-state index in [0.29, 0.717) is 0 Å². The van der Waals surface area contributed by atoms with Crippen molar-refractivity contribution in [2.45, 2.75) is 19.8 Å². The van der Waals surface area contributed by atoms with Crippen LogP contribution in [0.15, 0.2) is 24.3 Å². The molecular formula is C10H13BrMgO. The summed E-state index contributed by atoms with van der Waals surface area (Å²) in [6.07, 6.45) is 2.32. The number of ether oxygens (including phenoxy) is 1. The van der Waals surface area contributed by atoms with Crippen LogP contribution >= 0.6 is 12.9 Å². The van der Waals surface area contributed by atoms with Crippen molar-refractivity contribution in [3.8, 4) is 5.75 Å². The summed E-state index contributed by atoms with van der Waals surface area (Å²) in [6, 6.07) is 8.39. The summed E-state index contributed by atoms with van der Waals surface area (Å²) >= 11 is 3.35. The first-order valence-electron chi connectivity index (χ1n) is 4.64. The number of rotatable bonds is 5. The maximum atomic E-state index is 5.55. The van der Waals surface area contributed by atoms with Gasteiger partial charge in [-0.15, -0.1) is 0 Å². The molecule has 0 radical (unpaired) electrons. The van der Waals surface area contributed by atoms with Gasteiger partial charge in [0.25, 0.3) is 0 Å². The van der Waals surface area contributed by atoms with E-state index in [1.165, 1.54) is 10.1 Å². The molecule has 1 aromatic carbocycles. The molecule has 0 aliphatic heterocycles. The predicted molar refractivity (Wildman–Crippen MR) is 61.2 cm³/mol. The molecule has 0 unspecified atom stereocenters. The Morgan fingerprint density at radius 3 is 2.54 bits per heavy atom. The van der Waals surface area contributed by atoms with Gasteiger partial charge in [0.1, 0.15) is 5.75 Å². The molecule has 0 amide bonds. The molecule has 0 heterocycles. The highest BCUT2D eigenvalue weighted by molar-refractivity contribution is 9.23. The average molecular weight is 253 g/mol. The molecule has 1 aromatic rings. The Labute approximate surface area is 95.5 Å². The smallest absolute Gasteiger partial charge is 0.494 e. The van der Waals surface area contributed by atoms with E-state index in [2.05, 4.69) is 44.1 Å². The van der Waals surface area contributed by atoms with Crippen LogP contribution in [0, 0.1) is 0 Å². The fourth-order valence-corrected chi connectivity index (χ4v) is 2.54. The zero-order valence-corrected chi connectivity index (χ0v) is 10.9. The van der Waals surface area contributed by atoms with Gasteiger partial charge in [-0.05, 0) is 18.6 Å². The Balaban J connectivity index is 2.40. The quantitative estimate of drug-likeness (QED) is 0.579. The topological polar surface area (TPSA) is 9.23 Å². The molecule has 0 saturated carbocycles. The van der Waals surface area contributed by atoms with Crippen LogP contribution < -0.4 is 8.43 Å². The highest BCUT2D eigenvalue weighted by Crippen LogP contribution is 2.08. The molecule has 68 valence electrons. The van der Waals surface area contributed by atoms with Crippen LogP contribution in [0.3, 0.4) is 0 Å². The monoisotopic (exact) mass is 252 g/mol. The zero-order valence-electron chi connectivity index (χ0n) is 7.92. The summed E-state index contributed by atoms with van der Waals surface area (Å²) in [5.74, 6) is 0.993. The summed E-state index contributed by atoms with van der Waals surface area (Å²) in [6.45, 7) is 3.00. The second-order valence-electron chi connectivity index (χ2n) is 2.98. The molecule has 0 aliphatic rings. The van der Waals surface area contributed by atoms with Crippen molar-refractivity contribution in [2.75, 3.05) is 6.61 Å². The lowest BCUT2D eigenvalue weighted by Crippen LogP contribution is -2.07. The molecule has 1 rings (SSSR count). The van der Waals surface area contributed by atoms with E-state index in [4.69, 9.17) is 4.74 Å². The molecular weight excluding hydrogens is 240 g/mol. The van der Waals surface area contributed by atoms with Gasteiger partial charge in [-0.1, -0.05) is 25.5 Å². The molecule has 0 atom stereocenters. The molecule has 0 saturated heterocycles. The van der Waals surface area contributed by atoms with Crippen LogP contribution in [0.4, 0.5) is 0 Å². The Morgan fingerprint density at radius 1 is 1.31 bits per heavy atom. The summed E-state index contributed by atoms with van der Waals surface area (Å²) in [5, 5.41) is 0. The van der Waals surface area contributed by atoms with Crippen molar-refractivity contribution in [1.29, 1.82) is 0 Å². The van der Waals surface area contributed by atoms with E-state index in [0.717, 1.165) is 18.8 Å². The number of halogens is 1. The van der Waals surface area contributed by atoms with Crippen LogP contribution in [0.5, 0.6) is 5.75 Å². The fourth-order valence-electron chi connectivity index (χ4n) is 1.01. The van der Waals surface area contributed by atoms with Crippen molar-refractivity contribution < 1.29 is 4.74 Å². The SMILES string of the molecule is CCCCOc1cc[c]([Mg][Br])cc1. The van der Waals surface area contributed by atoms with Crippen LogP contribution in [-0.4, -0.2) is 24.8 Å². The van der Waals surface area contributed by atoms with Crippen molar-refractivity contribution in [1.82, 2.24) is 0 Å². The van der Waals surface area contributed by atoms with Gasteiger partial charge >= 0.3 is 18.2 Å². The Kier molecular flexibility index (Phi) is 5.83. The lowest BCUT2D eigenvalue weighted by atomic mass is 10.3. The maximum absolute atomic E-state index is 5.55. The van der Waals surface area contributed by atoms with Crippen molar-refractivity contribution in [2.24, 2.45) is 0 Å². The second kappa shape index (κ2) is 6.68. The van der Waals surface area contributed by atoms with Crippen molar-refractivity contribution in [3.63, 3.8) is 0 Å². The van der Waals surface area contributed by atoms with Gasteiger partial charge in [-0.25, -0.2) is 0 Å². The van der Waals surface area contributed by atoms with Gasteiger partial charge < -0.3 is 4.74 Å². The van der Waals surface area contributed by atoms with Crippen LogP contribution in [0.25, 0.3) is 0 Å². The normalized spacial score (nSPS) is 9.38. The van der Waals surface area contributed by atoms with Gasteiger partial charge in [0.05, 0.1) is 6.61 Å². The Morgan fingerprint density at radius 2 is 2.00 bits per heavy atom. The first-order valence-corrected chi connectivity index (χ1v) is 9.25. The molecule has 0 bridgehead atoms. The largest absolute Gasteiger partial charge is 0.506 e. The first kappa shape index (κ1) is 11.3. The van der Waals surface area contributed by atoms with E-state index >= 15 is 0 Å². The van der Waals surface area contributed by atoms with Gasteiger partial charge in [-0.3, -0.25) is 12.9 Å². The third kappa shape index (κ3) is 4.34. The molecule has 0 fully saturated rings. The lowest BCUT2D eigenvalue weighted by Gasteiger charge is -2.05. The highest BCUT2D eigenvalue weighted by Gasteiger charge is 1.95. The number of hydrogen-bond donors (Lipinski definition) is 0. The van der Waals surface area contributed by atoms with Crippen molar-refractivity contribution >= 4 is 34.8 Å². The summed E-state index contributed by atoms with van der Waals surface area (Å²) in [4.78, 5) is 0. The summed E-state index contributed by atoms with van der Waals surface area (Å²) in [5.41, 5.74) is 0. The molecule has 0 spiro atoms. The highest BCUT2D eigenvalue weighted by atomic mass is 79.9.